The van der Waals surface area contributed by atoms with Crippen molar-refractivity contribution in [3.8, 4) is 0 Å². The first-order chi connectivity index (χ1) is 10.7. The summed E-state index contributed by atoms with van der Waals surface area (Å²) >= 11 is 0. The van der Waals surface area contributed by atoms with Gasteiger partial charge < -0.3 is 14.6 Å². The molecule has 0 aliphatic carbocycles. The number of likely N-dealkylation sites (N-methyl/N-ethyl adjacent to an activating group) is 1. The average Bonchev–Trinajstić information content (AvgIpc) is 3.17. The number of nitrogens with zero attached hydrogens (tertiary/aromatic N) is 2. The number of nitrogens with one attached hydrogen (secondary N) is 1. The summed E-state index contributed by atoms with van der Waals surface area (Å²) in [6.07, 6.45) is 3.34. The molecule has 2 amide bonds. The van der Waals surface area contributed by atoms with Crippen LogP contribution in [0.25, 0.3) is 0 Å². The summed E-state index contributed by atoms with van der Waals surface area (Å²) in [5.74, 6) is 0.800. The molecule has 6 heteroatoms. The van der Waals surface area contributed by atoms with Gasteiger partial charge in [-0.2, -0.15) is 0 Å². The van der Waals surface area contributed by atoms with Crippen molar-refractivity contribution in [2.45, 2.75) is 39.3 Å². The third kappa shape index (κ3) is 4.10. The highest BCUT2D eigenvalue weighted by atomic mass is 16.3. The minimum absolute atomic E-state index is 0.0266. The zero-order chi connectivity index (χ0) is 15.9. The zero-order valence-corrected chi connectivity index (χ0v) is 13.4. The Morgan fingerprint density at radius 1 is 1.41 bits per heavy atom. The van der Waals surface area contributed by atoms with E-state index in [4.69, 9.17) is 4.42 Å². The molecule has 122 valence electrons. The lowest BCUT2D eigenvalue weighted by molar-refractivity contribution is -0.133. The summed E-state index contributed by atoms with van der Waals surface area (Å²) in [4.78, 5) is 28.3. The van der Waals surface area contributed by atoms with Crippen molar-refractivity contribution in [3.63, 3.8) is 0 Å². The maximum absolute atomic E-state index is 12.3. The van der Waals surface area contributed by atoms with Gasteiger partial charge in [-0.3, -0.25) is 14.5 Å². The van der Waals surface area contributed by atoms with E-state index in [1.165, 1.54) is 0 Å². The van der Waals surface area contributed by atoms with Gasteiger partial charge >= 0.3 is 0 Å². The molecule has 1 aromatic heterocycles. The topological polar surface area (TPSA) is 65.8 Å². The lowest BCUT2D eigenvalue weighted by atomic mass is 10.2. The first kappa shape index (κ1) is 16.5. The van der Waals surface area contributed by atoms with E-state index in [-0.39, 0.29) is 17.9 Å². The Labute approximate surface area is 131 Å². The molecule has 1 aliphatic heterocycles. The van der Waals surface area contributed by atoms with E-state index in [0.29, 0.717) is 26.2 Å². The van der Waals surface area contributed by atoms with Gasteiger partial charge in [0.15, 0.2) is 0 Å². The Kier molecular flexibility index (Phi) is 6.00. The highest BCUT2D eigenvalue weighted by Crippen LogP contribution is 2.17. The molecule has 1 N–H and O–H groups in total. The molecule has 0 aromatic carbocycles. The maximum Gasteiger partial charge on any atom is 0.237 e. The van der Waals surface area contributed by atoms with E-state index in [0.717, 1.165) is 25.1 Å². The number of hydrogen-bond donors (Lipinski definition) is 1. The molecule has 6 nitrogen and oxygen atoms in total. The summed E-state index contributed by atoms with van der Waals surface area (Å²) in [5.41, 5.74) is 0. The van der Waals surface area contributed by atoms with Crippen LogP contribution in [0.4, 0.5) is 0 Å². The van der Waals surface area contributed by atoms with Gasteiger partial charge in [-0.05, 0) is 45.4 Å². The Balaban J connectivity index is 1.86. The lowest BCUT2D eigenvalue weighted by Gasteiger charge is -2.26. The molecule has 2 heterocycles. The summed E-state index contributed by atoms with van der Waals surface area (Å²) in [7, 11) is 0. The SMILES string of the molecule is CCN(CC)C(=O)CN1CCCC1C(=O)NCc1ccco1. The van der Waals surface area contributed by atoms with Gasteiger partial charge in [0.05, 0.1) is 25.4 Å². The second-order valence-electron chi connectivity index (χ2n) is 5.49. The molecule has 0 radical (unpaired) electrons. The molecule has 1 aromatic rings. The first-order valence-electron chi connectivity index (χ1n) is 7.97. The summed E-state index contributed by atoms with van der Waals surface area (Å²) in [6, 6.07) is 3.41. The lowest BCUT2D eigenvalue weighted by Crippen LogP contribution is -2.47. The van der Waals surface area contributed by atoms with Gasteiger partial charge in [0, 0.05) is 13.1 Å². The smallest absolute Gasteiger partial charge is 0.237 e. The molecule has 0 saturated carbocycles. The average molecular weight is 307 g/mol. The fourth-order valence-corrected chi connectivity index (χ4v) is 2.87. The van der Waals surface area contributed by atoms with Crippen LogP contribution in [0.1, 0.15) is 32.4 Å². The quantitative estimate of drug-likeness (QED) is 0.823. The van der Waals surface area contributed by atoms with E-state index in [1.807, 2.05) is 24.8 Å². The number of carbonyl (C=O) groups excluding carboxylic acids is 2. The van der Waals surface area contributed by atoms with Crippen molar-refractivity contribution in [2.75, 3.05) is 26.2 Å². The van der Waals surface area contributed by atoms with E-state index >= 15 is 0 Å². The summed E-state index contributed by atoms with van der Waals surface area (Å²) in [6.45, 7) is 6.86. The Hall–Kier alpha value is -1.82. The van der Waals surface area contributed by atoms with Crippen LogP contribution in [-0.2, 0) is 16.1 Å². The highest BCUT2D eigenvalue weighted by molar-refractivity contribution is 5.84. The first-order valence-corrected chi connectivity index (χ1v) is 7.97. The number of amides is 2. The fraction of sp³-hybridized carbons (Fsp3) is 0.625. The number of carbonyl (C=O) groups is 2. The molecule has 1 fully saturated rings. The van der Waals surface area contributed by atoms with Crippen LogP contribution in [0.5, 0.6) is 0 Å². The molecule has 1 unspecified atom stereocenters. The van der Waals surface area contributed by atoms with Crippen molar-refractivity contribution >= 4 is 11.8 Å². The second kappa shape index (κ2) is 7.98. The molecule has 0 spiro atoms. The molecule has 0 bridgehead atoms. The predicted molar refractivity (Wildman–Crippen MR) is 83.1 cm³/mol. The fourth-order valence-electron chi connectivity index (χ4n) is 2.87. The Morgan fingerprint density at radius 3 is 2.82 bits per heavy atom. The van der Waals surface area contributed by atoms with E-state index in [2.05, 4.69) is 5.32 Å². The van der Waals surface area contributed by atoms with Gasteiger partial charge in [0.25, 0.3) is 0 Å². The van der Waals surface area contributed by atoms with Crippen LogP contribution in [-0.4, -0.2) is 53.8 Å². The van der Waals surface area contributed by atoms with Gasteiger partial charge in [-0.15, -0.1) is 0 Å². The second-order valence-corrected chi connectivity index (χ2v) is 5.49. The standard InChI is InChI=1S/C16H25N3O3/c1-3-18(4-2)15(20)12-19-9-5-8-14(19)16(21)17-11-13-7-6-10-22-13/h6-7,10,14H,3-5,8-9,11-12H2,1-2H3,(H,17,21). The van der Waals surface area contributed by atoms with E-state index < -0.39 is 0 Å². The summed E-state index contributed by atoms with van der Waals surface area (Å²) < 4.78 is 5.21. The summed E-state index contributed by atoms with van der Waals surface area (Å²) in [5, 5.41) is 2.89. The van der Waals surface area contributed by atoms with E-state index in [1.54, 1.807) is 17.2 Å². The normalized spacial score (nSPS) is 18.4. The van der Waals surface area contributed by atoms with Crippen molar-refractivity contribution in [1.29, 1.82) is 0 Å². The molecule has 22 heavy (non-hydrogen) atoms. The van der Waals surface area contributed by atoms with Gasteiger partial charge in [-0.25, -0.2) is 0 Å². The zero-order valence-electron chi connectivity index (χ0n) is 13.4. The number of rotatable bonds is 7. The van der Waals surface area contributed by atoms with Crippen LogP contribution < -0.4 is 5.32 Å². The molecule has 1 saturated heterocycles. The van der Waals surface area contributed by atoms with Crippen LogP contribution in [0.15, 0.2) is 22.8 Å². The molecular formula is C16H25N3O3. The number of furan rings is 1. The minimum Gasteiger partial charge on any atom is -0.467 e. The maximum atomic E-state index is 12.3. The molecule has 2 rings (SSSR count). The number of hydrogen-bond acceptors (Lipinski definition) is 4. The monoisotopic (exact) mass is 307 g/mol. The third-order valence-electron chi connectivity index (χ3n) is 4.14. The van der Waals surface area contributed by atoms with Crippen LogP contribution in [0.3, 0.4) is 0 Å². The largest absolute Gasteiger partial charge is 0.467 e. The Morgan fingerprint density at radius 2 is 2.18 bits per heavy atom. The van der Waals surface area contributed by atoms with Crippen LogP contribution in [0.2, 0.25) is 0 Å². The van der Waals surface area contributed by atoms with Crippen molar-refractivity contribution < 1.29 is 14.0 Å². The third-order valence-corrected chi connectivity index (χ3v) is 4.14. The molecular weight excluding hydrogens is 282 g/mol. The van der Waals surface area contributed by atoms with Crippen molar-refractivity contribution in [1.82, 2.24) is 15.1 Å². The molecule has 1 aliphatic rings. The van der Waals surface area contributed by atoms with Crippen LogP contribution >= 0.6 is 0 Å². The van der Waals surface area contributed by atoms with Crippen LogP contribution in [0, 0.1) is 0 Å². The van der Waals surface area contributed by atoms with Gasteiger partial charge in [0.2, 0.25) is 11.8 Å². The van der Waals surface area contributed by atoms with E-state index in [9.17, 15) is 9.59 Å². The van der Waals surface area contributed by atoms with Gasteiger partial charge in [0.1, 0.15) is 5.76 Å². The van der Waals surface area contributed by atoms with Crippen molar-refractivity contribution in [3.05, 3.63) is 24.2 Å². The highest BCUT2D eigenvalue weighted by Gasteiger charge is 2.32. The predicted octanol–water partition coefficient (Wildman–Crippen LogP) is 1.23. The molecule has 1 atom stereocenters. The van der Waals surface area contributed by atoms with Crippen molar-refractivity contribution in [2.24, 2.45) is 0 Å². The number of likely N-dealkylation sites (tertiary alicyclic amines) is 1. The minimum atomic E-state index is -0.213. The van der Waals surface area contributed by atoms with Gasteiger partial charge in [-0.1, -0.05) is 0 Å². The Bertz CT molecular complexity index is 483.